The van der Waals surface area contributed by atoms with Crippen molar-refractivity contribution in [3.05, 3.63) is 0 Å². The highest BCUT2D eigenvalue weighted by atomic mass is 15.2. The minimum Gasteiger partial charge on any atom is -0.314 e. The molecular formula is C15H30N2. The molecule has 2 unspecified atom stereocenters. The summed E-state index contributed by atoms with van der Waals surface area (Å²) in [4.78, 5) is 2.79. The summed E-state index contributed by atoms with van der Waals surface area (Å²) in [5, 5.41) is 3.65. The Morgan fingerprint density at radius 1 is 1.18 bits per heavy atom. The fourth-order valence-corrected chi connectivity index (χ4v) is 3.32. The van der Waals surface area contributed by atoms with E-state index in [0.717, 1.165) is 30.6 Å². The zero-order valence-corrected chi connectivity index (χ0v) is 11.9. The molecule has 0 aliphatic heterocycles. The molecule has 0 aromatic carbocycles. The summed E-state index contributed by atoms with van der Waals surface area (Å²) < 4.78 is 0. The second-order valence-corrected chi connectivity index (χ2v) is 6.31. The smallest absolute Gasteiger partial charge is 0.0113 e. The molecule has 2 saturated carbocycles. The van der Waals surface area contributed by atoms with Gasteiger partial charge in [0.2, 0.25) is 0 Å². The molecule has 0 bridgehead atoms. The molecule has 0 aromatic heterocycles. The van der Waals surface area contributed by atoms with Gasteiger partial charge < -0.3 is 5.32 Å². The Labute approximate surface area is 107 Å². The van der Waals surface area contributed by atoms with Gasteiger partial charge in [-0.15, -0.1) is 0 Å². The molecule has 0 radical (unpaired) electrons. The van der Waals surface area contributed by atoms with Crippen molar-refractivity contribution in [2.75, 3.05) is 13.1 Å². The maximum absolute atomic E-state index is 3.65. The molecule has 0 heterocycles. The van der Waals surface area contributed by atoms with Gasteiger partial charge in [0.15, 0.2) is 0 Å². The molecule has 2 aliphatic carbocycles. The highest BCUT2D eigenvalue weighted by Gasteiger charge is 2.32. The lowest BCUT2D eigenvalue weighted by Gasteiger charge is -2.40. The third kappa shape index (κ3) is 3.96. The number of nitrogens with zero attached hydrogens (tertiary/aromatic N) is 1. The van der Waals surface area contributed by atoms with E-state index in [1.807, 2.05) is 0 Å². The third-order valence-electron chi connectivity index (χ3n) is 4.44. The summed E-state index contributed by atoms with van der Waals surface area (Å²) in [5.74, 6) is 1.02. The van der Waals surface area contributed by atoms with E-state index < -0.39 is 0 Å². The summed E-state index contributed by atoms with van der Waals surface area (Å²) in [7, 11) is 0. The Morgan fingerprint density at radius 2 is 1.94 bits per heavy atom. The van der Waals surface area contributed by atoms with Crippen LogP contribution in [0.2, 0.25) is 0 Å². The monoisotopic (exact) mass is 238 g/mol. The van der Waals surface area contributed by atoms with Crippen LogP contribution in [-0.2, 0) is 0 Å². The minimum absolute atomic E-state index is 0.723. The molecular weight excluding hydrogens is 208 g/mol. The Balaban J connectivity index is 1.87. The van der Waals surface area contributed by atoms with Crippen LogP contribution < -0.4 is 5.32 Å². The fourth-order valence-electron chi connectivity index (χ4n) is 3.32. The maximum Gasteiger partial charge on any atom is 0.0113 e. The second-order valence-electron chi connectivity index (χ2n) is 6.31. The van der Waals surface area contributed by atoms with E-state index in [-0.39, 0.29) is 0 Å². The molecule has 2 atom stereocenters. The van der Waals surface area contributed by atoms with E-state index in [9.17, 15) is 0 Å². The summed E-state index contributed by atoms with van der Waals surface area (Å²) >= 11 is 0. The highest BCUT2D eigenvalue weighted by Crippen LogP contribution is 2.33. The molecule has 1 N–H and O–H groups in total. The number of hydrogen-bond donors (Lipinski definition) is 1. The van der Waals surface area contributed by atoms with Crippen LogP contribution in [-0.4, -0.2) is 36.1 Å². The Hall–Kier alpha value is -0.0800. The van der Waals surface area contributed by atoms with Crippen molar-refractivity contribution >= 4 is 0 Å². The average molecular weight is 238 g/mol. The average Bonchev–Trinajstić information content (AvgIpc) is 3.10. The van der Waals surface area contributed by atoms with Gasteiger partial charge >= 0.3 is 0 Å². The van der Waals surface area contributed by atoms with Crippen LogP contribution in [0, 0.1) is 5.92 Å². The van der Waals surface area contributed by atoms with Crippen LogP contribution in [0.25, 0.3) is 0 Å². The number of nitrogens with one attached hydrogen (secondary N) is 1. The number of hydrogen-bond acceptors (Lipinski definition) is 2. The van der Waals surface area contributed by atoms with Crippen LogP contribution in [0.3, 0.4) is 0 Å². The van der Waals surface area contributed by atoms with Gasteiger partial charge in [-0.05, 0) is 58.4 Å². The molecule has 0 amide bonds. The summed E-state index contributed by atoms with van der Waals surface area (Å²) in [6.45, 7) is 9.47. The molecule has 17 heavy (non-hydrogen) atoms. The lowest BCUT2D eigenvalue weighted by atomic mass is 9.89. The van der Waals surface area contributed by atoms with E-state index in [1.165, 1.54) is 45.1 Å². The highest BCUT2D eigenvalue weighted by molar-refractivity contribution is 4.88. The van der Waals surface area contributed by atoms with Crippen molar-refractivity contribution in [1.29, 1.82) is 0 Å². The molecule has 0 aromatic rings. The van der Waals surface area contributed by atoms with E-state index in [2.05, 4.69) is 31.0 Å². The van der Waals surface area contributed by atoms with E-state index in [4.69, 9.17) is 0 Å². The van der Waals surface area contributed by atoms with Gasteiger partial charge in [-0.2, -0.15) is 0 Å². The Morgan fingerprint density at radius 3 is 2.53 bits per heavy atom. The van der Waals surface area contributed by atoms with Gasteiger partial charge in [-0.1, -0.05) is 13.3 Å². The lowest BCUT2D eigenvalue weighted by Crippen LogP contribution is -2.47. The van der Waals surface area contributed by atoms with Crippen molar-refractivity contribution < 1.29 is 0 Å². The second kappa shape index (κ2) is 6.19. The van der Waals surface area contributed by atoms with E-state index in [1.54, 1.807) is 0 Å². The van der Waals surface area contributed by atoms with E-state index >= 15 is 0 Å². The van der Waals surface area contributed by atoms with Crippen LogP contribution >= 0.6 is 0 Å². The normalized spacial score (nSPS) is 30.2. The molecule has 2 fully saturated rings. The van der Waals surface area contributed by atoms with Crippen LogP contribution in [0.1, 0.15) is 59.3 Å². The first kappa shape index (κ1) is 13.4. The van der Waals surface area contributed by atoms with Gasteiger partial charge in [0, 0.05) is 24.7 Å². The SMILES string of the molecule is CCNC1CCCC(N(CC2CC2)C(C)C)C1. The first-order valence-electron chi connectivity index (χ1n) is 7.69. The van der Waals surface area contributed by atoms with Crippen molar-refractivity contribution in [3.8, 4) is 0 Å². The molecule has 0 saturated heterocycles. The standard InChI is InChI=1S/C15H30N2/c1-4-16-14-6-5-7-15(10-14)17(12(2)3)11-13-8-9-13/h12-16H,4-11H2,1-3H3. The zero-order chi connectivity index (χ0) is 12.3. The maximum atomic E-state index is 3.65. The summed E-state index contributed by atoms with van der Waals surface area (Å²) in [6.07, 6.45) is 8.56. The molecule has 2 aliphatic rings. The first-order valence-corrected chi connectivity index (χ1v) is 7.69. The van der Waals surface area contributed by atoms with Gasteiger partial charge in [0.05, 0.1) is 0 Å². The topological polar surface area (TPSA) is 15.3 Å². The van der Waals surface area contributed by atoms with Crippen LogP contribution in [0.15, 0.2) is 0 Å². The largest absolute Gasteiger partial charge is 0.314 e. The zero-order valence-electron chi connectivity index (χ0n) is 11.9. The van der Waals surface area contributed by atoms with Crippen molar-refractivity contribution in [1.82, 2.24) is 10.2 Å². The van der Waals surface area contributed by atoms with Gasteiger partial charge in [0.1, 0.15) is 0 Å². The van der Waals surface area contributed by atoms with Crippen LogP contribution in [0.4, 0.5) is 0 Å². The van der Waals surface area contributed by atoms with Gasteiger partial charge in [-0.25, -0.2) is 0 Å². The molecule has 2 rings (SSSR count). The van der Waals surface area contributed by atoms with Crippen molar-refractivity contribution in [2.45, 2.75) is 77.4 Å². The fraction of sp³-hybridized carbons (Fsp3) is 1.00. The minimum atomic E-state index is 0.723. The summed E-state index contributed by atoms with van der Waals surface area (Å²) in [6, 6.07) is 2.34. The van der Waals surface area contributed by atoms with Crippen molar-refractivity contribution in [3.63, 3.8) is 0 Å². The molecule has 0 spiro atoms. The molecule has 100 valence electrons. The quantitative estimate of drug-likeness (QED) is 0.765. The predicted molar refractivity (Wildman–Crippen MR) is 74.3 cm³/mol. The van der Waals surface area contributed by atoms with Gasteiger partial charge in [0.25, 0.3) is 0 Å². The number of rotatable bonds is 6. The molecule has 2 heteroatoms. The first-order chi connectivity index (χ1) is 8.20. The lowest BCUT2D eigenvalue weighted by molar-refractivity contribution is 0.102. The van der Waals surface area contributed by atoms with Crippen LogP contribution in [0.5, 0.6) is 0 Å². The predicted octanol–water partition coefficient (Wildman–Crippen LogP) is 3.03. The Bertz CT molecular complexity index is 221. The van der Waals surface area contributed by atoms with Crippen molar-refractivity contribution in [2.24, 2.45) is 5.92 Å². The third-order valence-corrected chi connectivity index (χ3v) is 4.44. The van der Waals surface area contributed by atoms with Gasteiger partial charge in [-0.3, -0.25) is 4.90 Å². The van der Waals surface area contributed by atoms with E-state index in [0.29, 0.717) is 0 Å². The summed E-state index contributed by atoms with van der Waals surface area (Å²) in [5.41, 5.74) is 0. The molecule has 2 nitrogen and oxygen atoms in total. The Kier molecular flexibility index (Phi) is 4.87.